The summed E-state index contributed by atoms with van der Waals surface area (Å²) in [7, 11) is 1.56. The van der Waals surface area contributed by atoms with Crippen LogP contribution in [0.1, 0.15) is 0 Å². The zero-order valence-corrected chi connectivity index (χ0v) is 17.9. The van der Waals surface area contributed by atoms with Crippen LogP contribution in [-0.4, -0.2) is 27.6 Å². The van der Waals surface area contributed by atoms with Gasteiger partial charge in [0.25, 0.3) is 5.56 Å². The van der Waals surface area contributed by atoms with Crippen molar-refractivity contribution < 1.29 is 9.53 Å². The fraction of sp³-hybridized carbons (Fsp3) is 0.0833. The van der Waals surface area contributed by atoms with Crippen LogP contribution in [0.5, 0.6) is 5.75 Å². The molecule has 3 heterocycles. The first kappa shape index (κ1) is 19.9. The molecule has 1 N–H and O–H groups in total. The van der Waals surface area contributed by atoms with Gasteiger partial charge in [0.2, 0.25) is 5.91 Å². The summed E-state index contributed by atoms with van der Waals surface area (Å²) in [4.78, 5) is 35.5. The highest BCUT2D eigenvalue weighted by molar-refractivity contribution is 7.25. The molecule has 0 atom stereocenters. The zero-order valence-electron chi connectivity index (χ0n) is 17.1. The lowest BCUT2D eigenvalue weighted by Crippen LogP contribution is -2.27. The van der Waals surface area contributed by atoms with E-state index in [1.165, 1.54) is 22.2 Å². The van der Waals surface area contributed by atoms with Crippen LogP contribution < -0.4 is 15.6 Å². The standard InChI is InChI=1S/C24H18N4O3S/c1-31-17-9-5-8-16(12-17)26-20(29)13-28-14-25-21-18-10-11-19(15-6-3-2-4-7-15)27-23(18)32-22(21)24(28)30/h2-12,14H,13H2,1H3,(H,26,29). The summed E-state index contributed by atoms with van der Waals surface area (Å²) in [5, 5.41) is 3.61. The van der Waals surface area contributed by atoms with Crippen LogP contribution in [-0.2, 0) is 11.3 Å². The Bertz CT molecular complexity index is 1510. The van der Waals surface area contributed by atoms with Crippen LogP contribution in [0.25, 0.3) is 31.7 Å². The van der Waals surface area contributed by atoms with E-state index in [0.29, 0.717) is 21.7 Å². The molecule has 7 nitrogen and oxygen atoms in total. The van der Waals surface area contributed by atoms with Crippen molar-refractivity contribution in [3.63, 3.8) is 0 Å². The normalized spacial score (nSPS) is 11.0. The minimum absolute atomic E-state index is 0.143. The smallest absolute Gasteiger partial charge is 0.271 e. The van der Waals surface area contributed by atoms with Crippen molar-refractivity contribution in [3.05, 3.63) is 83.4 Å². The van der Waals surface area contributed by atoms with E-state index in [9.17, 15) is 9.59 Å². The minimum Gasteiger partial charge on any atom is -0.497 e. The van der Waals surface area contributed by atoms with Crippen molar-refractivity contribution in [2.24, 2.45) is 0 Å². The first-order valence-corrected chi connectivity index (χ1v) is 10.7. The van der Waals surface area contributed by atoms with Gasteiger partial charge in [0.1, 0.15) is 21.8 Å². The van der Waals surface area contributed by atoms with Crippen molar-refractivity contribution in [1.29, 1.82) is 0 Å². The second kappa shape index (κ2) is 8.24. The number of thiophene rings is 1. The SMILES string of the molecule is COc1cccc(NC(=O)Cn2cnc3c(sc4nc(-c5ccccc5)ccc43)c2=O)c1. The summed E-state index contributed by atoms with van der Waals surface area (Å²) in [5.41, 5.74) is 2.77. The molecule has 0 saturated heterocycles. The molecule has 0 saturated carbocycles. The largest absolute Gasteiger partial charge is 0.497 e. The monoisotopic (exact) mass is 442 g/mol. The van der Waals surface area contributed by atoms with Gasteiger partial charge in [0, 0.05) is 22.7 Å². The molecule has 0 spiro atoms. The van der Waals surface area contributed by atoms with E-state index in [2.05, 4.69) is 10.3 Å². The maximum Gasteiger partial charge on any atom is 0.271 e. The molecule has 0 bridgehead atoms. The van der Waals surface area contributed by atoms with Gasteiger partial charge in [-0.2, -0.15) is 0 Å². The van der Waals surface area contributed by atoms with Crippen LogP contribution in [0, 0.1) is 0 Å². The second-order valence-electron chi connectivity index (χ2n) is 7.15. The second-order valence-corrected chi connectivity index (χ2v) is 8.15. The lowest BCUT2D eigenvalue weighted by molar-refractivity contribution is -0.116. The number of hydrogen-bond acceptors (Lipinski definition) is 6. The molecule has 5 rings (SSSR count). The Balaban J connectivity index is 1.45. The molecule has 32 heavy (non-hydrogen) atoms. The Morgan fingerprint density at radius 3 is 2.75 bits per heavy atom. The number of pyridine rings is 1. The molecule has 0 aliphatic carbocycles. The van der Waals surface area contributed by atoms with E-state index >= 15 is 0 Å². The maximum atomic E-state index is 13.0. The number of benzene rings is 2. The summed E-state index contributed by atoms with van der Waals surface area (Å²) >= 11 is 1.29. The average Bonchev–Trinajstić information content (AvgIpc) is 3.20. The van der Waals surface area contributed by atoms with Crippen LogP contribution in [0.4, 0.5) is 5.69 Å². The molecule has 158 valence electrons. The van der Waals surface area contributed by atoms with Gasteiger partial charge < -0.3 is 10.1 Å². The van der Waals surface area contributed by atoms with Gasteiger partial charge in [-0.3, -0.25) is 14.2 Å². The molecule has 0 unspecified atom stereocenters. The van der Waals surface area contributed by atoms with E-state index < -0.39 is 0 Å². The van der Waals surface area contributed by atoms with Crippen molar-refractivity contribution in [1.82, 2.24) is 14.5 Å². The van der Waals surface area contributed by atoms with Crippen LogP contribution in [0.2, 0.25) is 0 Å². The molecule has 1 amide bonds. The molecule has 2 aromatic carbocycles. The molecular weight excluding hydrogens is 424 g/mol. The first-order valence-electron chi connectivity index (χ1n) is 9.90. The number of rotatable bonds is 5. The number of methoxy groups -OCH3 is 1. The highest BCUT2D eigenvalue weighted by Crippen LogP contribution is 2.31. The fourth-order valence-corrected chi connectivity index (χ4v) is 4.56. The summed E-state index contributed by atoms with van der Waals surface area (Å²) < 4.78 is 6.96. The third-order valence-electron chi connectivity index (χ3n) is 5.05. The lowest BCUT2D eigenvalue weighted by atomic mass is 10.1. The van der Waals surface area contributed by atoms with Gasteiger partial charge in [-0.05, 0) is 24.3 Å². The lowest BCUT2D eigenvalue weighted by Gasteiger charge is -2.08. The average molecular weight is 443 g/mol. The molecular formula is C24H18N4O3S. The number of amides is 1. The van der Waals surface area contributed by atoms with E-state index in [4.69, 9.17) is 9.72 Å². The minimum atomic E-state index is -0.327. The van der Waals surface area contributed by atoms with Crippen LogP contribution in [0.15, 0.2) is 77.9 Å². The Kier molecular flexibility index (Phi) is 5.12. The van der Waals surface area contributed by atoms with E-state index in [-0.39, 0.29) is 18.0 Å². The highest BCUT2D eigenvalue weighted by Gasteiger charge is 2.15. The Labute approximate surface area is 186 Å². The number of carbonyl (C=O) groups is 1. The summed E-state index contributed by atoms with van der Waals surface area (Å²) in [6.07, 6.45) is 1.41. The number of carbonyl (C=O) groups excluding carboxylic acids is 1. The van der Waals surface area contributed by atoms with Crippen LogP contribution >= 0.6 is 11.3 Å². The number of fused-ring (bicyclic) bond motifs is 3. The topological polar surface area (TPSA) is 86.1 Å². The zero-order chi connectivity index (χ0) is 22.1. The van der Waals surface area contributed by atoms with Crippen molar-refractivity contribution in [2.45, 2.75) is 6.54 Å². The van der Waals surface area contributed by atoms with Crippen LogP contribution in [0.3, 0.4) is 0 Å². The van der Waals surface area contributed by atoms with Crippen molar-refractivity contribution >= 4 is 43.4 Å². The van der Waals surface area contributed by atoms with Gasteiger partial charge in [-0.1, -0.05) is 36.4 Å². The fourth-order valence-electron chi connectivity index (χ4n) is 3.49. The Morgan fingerprint density at radius 1 is 1.09 bits per heavy atom. The Hall–Kier alpha value is -4.04. The van der Waals surface area contributed by atoms with E-state index in [1.807, 2.05) is 42.5 Å². The van der Waals surface area contributed by atoms with Gasteiger partial charge in [0.05, 0.1) is 24.6 Å². The number of nitrogens with zero attached hydrogens (tertiary/aromatic N) is 3. The molecule has 0 fully saturated rings. The summed E-state index contributed by atoms with van der Waals surface area (Å²) in [6.45, 7) is -0.143. The van der Waals surface area contributed by atoms with E-state index in [0.717, 1.165) is 21.5 Å². The molecule has 0 aliphatic rings. The third-order valence-corrected chi connectivity index (χ3v) is 6.12. The number of nitrogens with one attached hydrogen (secondary N) is 1. The molecule has 0 aliphatic heterocycles. The number of hydrogen-bond donors (Lipinski definition) is 1. The van der Waals surface area contributed by atoms with E-state index in [1.54, 1.807) is 31.4 Å². The summed E-state index contributed by atoms with van der Waals surface area (Å²) in [6, 6.07) is 20.8. The third kappa shape index (κ3) is 3.72. The van der Waals surface area contributed by atoms with Gasteiger partial charge in [-0.15, -0.1) is 11.3 Å². The van der Waals surface area contributed by atoms with Crippen molar-refractivity contribution in [2.75, 3.05) is 12.4 Å². The number of anilines is 1. The molecule has 5 aromatic rings. The number of ether oxygens (including phenoxy) is 1. The van der Waals surface area contributed by atoms with Crippen molar-refractivity contribution in [3.8, 4) is 17.0 Å². The Morgan fingerprint density at radius 2 is 1.94 bits per heavy atom. The molecule has 8 heteroatoms. The predicted octanol–water partition coefficient (Wildman–Crippen LogP) is 4.32. The number of aromatic nitrogens is 3. The first-order chi connectivity index (χ1) is 15.6. The highest BCUT2D eigenvalue weighted by atomic mass is 32.1. The van der Waals surface area contributed by atoms with Gasteiger partial charge in [-0.25, -0.2) is 9.97 Å². The summed E-state index contributed by atoms with van der Waals surface area (Å²) in [5.74, 6) is 0.308. The maximum absolute atomic E-state index is 13.0. The molecule has 0 radical (unpaired) electrons. The predicted molar refractivity (Wildman–Crippen MR) is 126 cm³/mol. The quantitative estimate of drug-likeness (QED) is 0.438. The van der Waals surface area contributed by atoms with Gasteiger partial charge >= 0.3 is 0 Å². The van der Waals surface area contributed by atoms with Gasteiger partial charge in [0.15, 0.2) is 0 Å². The molecule has 3 aromatic heterocycles.